The van der Waals surface area contributed by atoms with Gasteiger partial charge in [0.2, 0.25) is 5.91 Å². The molecule has 1 heterocycles. The Morgan fingerprint density at radius 3 is 2.56 bits per heavy atom. The van der Waals surface area contributed by atoms with Gasteiger partial charge in [-0.05, 0) is 62.6 Å². The number of hydrogen-bond donors (Lipinski definition) is 2. The van der Waals surface area contributed by atoms with Gasteiger partial charge in [0.1, 0.15) is 0 Å². The molecule has 0 bridgehead atoms. The zero-order valence-corrected chi connectivity index (χ0v) is 19.6. The van der Waals surface area contributed by atoms with Crippen LogP contribution in [0.25, 0.3) is 0 Å². The van der Waals surface area contributed by atoms with Crippen LogP contribution in [0, 0.1) is 5.92 Å². The summed E-state index contributed by atoms with van der Waals surface area (Å²) >= 11 is 0. The van der Waals surface area contributed by atoms with Crippen molar-refractivity contribution in [3.63, 3.8) is 0 Å². The van der Waals surface area contributed by atoms with Gasteiger partial charge in [-0.15, -0.1) is 0 Å². The summed E-state index contributed by atoms with van der Waals surface area (Å²) in [7, 11) is 3.47. The largest absolute Gasteiger partial charge is 0.493 e. The van der Waals surface area contributed by atoms with E-state index >= 15 is 0 Å². The van der Waals surface area contributed by atoms with Crippen LogP contribution in [-0.2, 0) is 11.3 Å². The minimum atomic E-state index is 0.239. The molecule has 4 rings (SSSR count). The maximum Gasteiger partial charge on any atom is 0.225 e. The maximum atomic E-state index is 12.7. The Hall–Kier alpha value is -2.44. The Kier molecular flexibility index (Phi) is 7.76. The third kappa shape index (κ3) is 5.67. The minimum absolute atomic E-state index is 0.239. The molecule has 2 aliphatic carbocycles. The fourth-order valence-corrected chi connectivity index (χ4v) is 5.19. The van der Waals surface area contributed by atoms with Crippen LogP contribution in [0.3, 0.4) is 0 Å². The molecule has 0 aromatic heterocycles. The van der Waals surface area contributed by atoms with E-state index in [0.29, 0.717) is 18.6 Å². The number of rotatable bonds is 7. The molecule has 7 heteroatoms. The fraction of sp³-hybridized carbons (Fsp3) is 0.680. The van der Waals surface area contributed by atoms with Crippen LogP contribution in [-0.4, -0.2) is 56.2 Å². The lowest BCUT2D eigenvalue weighted by molar-refractivity contribution is -0.134. The first-order valence-electron chi connectivity index (χ1n) is 12.3. The highest BCUT2D eigenvalue weighted by Gasteiger charge is 2.32. The molecule has 1 unspecified atom stereocenters. The zero-order chi connectivity index (χ0) is 22.3. The highest BCUT2D eigenvalue weighted by molar-refractivity contribution is 5.81. The molecule has 1 aromatic carbocycles. The molecule has 7 nitrogen and oxygen atoms in total. The van der Waals surface area contributed by atoms with E-state index in [0.717, 1.165) is 68.2 Å². The molecule has 176 valence electrons. The van der Waals surface area contributed by atoms with Crippen molar-refractivity contribution in [2.24, 2.45) is 10.9 Å². The summed E-state index contributed by atoms with van der Waals surface area (Å²) in [6.07, 6.45) is 10.5. The second-order valence-electron chi connectivity index (χ2n) is 9.33. The highest BCUT2D eigenvalue weighted by atomic mass is 16.5. The lowest BCUT2D eigenvalue weighted by atomic mass is 10.1. The van der Waals surface area contributed by atoms with Gasteiger partial charge < -0.3 is 25.0 Å². The molecule has 1 atom stereocenters. The first-order valence-corrected chi connectivity index (χ1v) is 12.3. The van der Waals surface area contributed by atoms with Gasteiger partial charge in [-0.1, -0.05) is 18.9 Å². The molecule has 3 aliphatic rings. The van der Waals surface area contributed by atoms with Crippen molar-refractivity contribution in [3.8, 4) is 11.5 Å². The SMILES string of the molecule is CN=C(NCc1ccc(OC2CCCC2)c(OC)c1)NC1CCN(C(=O)C2CCCC2)C1. The number of likely N-dealkylation sites (tertiary alicyclic amines) is 1. The number of carbonyl (C=O) groups excluding carboxylic acids is 1. The van der Waals surface area contributed by atoms with Crippen molar-refractivity contribution in [2.75, 3.05) is 27.2 Å². The van der Waals surface area contributed by atoms with E-state index in [1.165, 1.54) is 25.7 Å². The normalized spacial score (nSPS) is 22.4. The maximum absolute atomic E-state index is 12.7. The van der Waals surface area contributed by atoms with Crippen molar-refractivity contribution in [2.45, 2.75) is 76.5 Å². The van der Waals surface area contributed by atoms with Gasteiger partial charge in [0, 0.05) is 38.6 Å². The number of ether oxygens (including phenoxy) is 2. The summed E-state index contributed by atoms with van der Waals surface area (Å²) in [5, 5.41) is 6.88. The Bertz CT molecular complexity index is 800. The summed E-state index contributed by atoms with van der Waals surface area (Å²) in [4.78, 5) is 19.1. The molecular formula is C25H38N4O3. The fourth-order valence-electron chi connectivity index (χ4n) is 5.19. The van der Waals surface area contributed by atoms with Gasteiger partial charge in [0.25, 0.3) is 0 Å². The Morgan fingerprint density at radius 2 is 1.84 bits per heavy atom. The third-order valence-corrected chi connectivity index (χ3v) is 7.05. The Labute approximate surface area is 191 Å². The standard InChI is InChI=1S/C25H38N4O3/c1-26-25(28-20-13-14-29(17-20)24(30)19-7-3-4-8-19)27-16-18-11-12-22(23(15-18)31-2)32-21-9-5-6-10-21/h11-12,15,19-21H,3-10,13-14,16-17H2,1-2H3,(H2,26,27,28). The number of benzene rings is 1. The topological polar surface area (TPSA) is 75.2 Å². The molecule has 2 saturated carbocycles. The molecule has 1 aliphatic heterocycles. The number of guanidine groups is 1. The minimum Gasteiger partial charge on any atom is -0.493 e. The molecule has 1 saturated heterocycles. The smallest absolute Gasteiger partial charge is 0.225 e. The van der Waals surface area contributed by atoms with E-state index in [1.807, 2.05) is 17.0 Å². The molecule has 0 spiro atoms. The lowest BCUT2D eigenvalue weighted by Gasteiger charge is -2.21. The van der Waals surface area contributed by atoms with Crippen molar-refractivity contribution in [3.05, 3.63) is 23.8 Å². The first-order chi connectivity index (χ1) is 15.7. The van der Waals surface area contributed by atoms with Crippen LogP contribution in [0.1, 0.15) is 63.4 Å². The predicted molar refractivity (Wildman–Crippen MR) is 126 cm³/mol. The second kappa shape index (κ2) is 10.9. The van der Waals surface area contributed by atoms with Crippen molar-refractivity contribution in [1.82, 2.24) is 15.5 Å². The zero-order valence-electron chi connectivity index (χ0n) is 19.6. The molecule has 32 heavy (non-hydrogen) atoms. The number of nitrogens with one attached hydrogen (secondary N) is 2. The molecule has 0 radical (unpaired) electrons. The van der Waals surface area contributed by atoms with Crippen LogP contribution in [0.2, 0.25) is 0 Å². The molecule has 1 aromatic rings. The van der Waals surface area contributed by atoms with Crippen LogP contribution in [0.15, 0.2) is 23.2 Å². The van der Waals surface area contributed by atoms with Crippen molar-refractivity contribution in [1.29, 1.82) is 0 Å². The number of amides is 1. The number of carbonyl (C=O) groups is 1. The summed E-state index contributed by atoms with van der Waals surface area (Å²) in [6.45, 7) is 2.23. The number of methoxy groups -OCH3 is 1. The summed E-state index contributed by atoms with van der Waals surface area (Å²) in [5.74, 6) is 2.96. The molecule has 2 N–H and O–H groups in total. The van der Waals surface area contributed by atoms with Gasteiger partial charge in [0.05, 0.1) is 13.2 Å². The van der Waals surface area contributed by atoms with Gasteiger partial charge >= 0.3 is 0 Å². The molecule has 1 amide bonds. The molecular weight excluding hydrogens is 404 g/mol. The molecule has 3 fully saturated rings. The summed E-state index contributed by atoms with van der Waals surface area (Å²) < 4.78 is 11.7. The van der Waals surface area contributed by atoms with Gasteiger partial charge in [0.15, 0.2) is 17.5 Å². The van der Waals surface area contributed by atoms with E-state index in [2.05, 4.69) is 21.7 Å². The van der Waals surface area contributed by atoms with Crippen LogP contribution in [0.4, 0.5) is 0 Å². The highest BCUT2D eigenvalue weighted by Crippen LogP contribution is 2.32. The number of nitrogens with zero attached hydrogens (tertiary/aromatic N) is 2. The van der Waals surface area contributed by atoms with E-state index in [1.54, 1.807) is 14.2 Å². The summed E-state index contributed by atoms with van der Waals surface area (Å²) in [5.41, 5.74) is 1.10. The predicted octanol–water partition coefficient (Wildman–Crippen LogP) is 3.47. The van der Waals surface area contributed by atoms with Crippen LogP contribution in [0.5, 0.6) is 11.5 Å². The number of aliphatic imine (C=N–C) groups is 1. The van der Waals surface area contributed by atoms with E-state index in [9.17, 15) is 4.79 Å². The average Bonchev–Trinajstić information content (AvgIpc) is 3.60. The monoisotopic (exact) mass is 442 g/mol. The first kappa shape index (κ1) is 22.7. The lowest BCUT2D eigenvalue weighted by Crippen LogP contribution is -2.45. The Balaban J connectivity index is 1.26. The summed E-state index contributed by atoms with van der Waals surface area (Å²) in [6, 6.07) is 6.35. The Morgan fingerprint density at radius 1 is 1.09 bits per heavy atom. The van der Waals surface area contributed by atoms with Gasteiger partial charge in [-0.25, -0.2) is 0 Å². The third-order valence-electron chi connectivity index (χ3n) is 7.05. The van der Waals surface area contributed by atoms with E-state index in [4.69, 9.17) is 9.47 Å². The van der Waals surface area contributed by atoms with Gasteiger partial charge in [-0.2, -0.15) is 0 Å². The number of hydrogen-bond acceptors (Lipinski definition) is 4. The van der Waals surface area contributed by atoms with E-state index < -0.39 is 0 Å². The average molecular weight is 443 g/mol. The van der Waals surface area contributed by atoms with Crippen LogP contribution < -0.4 is 20.1 Å². The van der Waals surface area contributed by atoms with E-state index in [-0.39, 0.29) is 12.0 Å². The quantitative estimate of drug-likeness (QED) is 0.500. The second-order valence-corrected chi connectivity index (χ2v) is 9.33. The van der Waals surface area contributed by atoms with Crippen LogP contribution >= 0.6 is 0 Å². The van der Waals surface area contributed by atoms with Crippen molar-refractivity contribution >= 4 is 11.9 Å². The van der Waals surface area contributed by atoms with Crippen molar-refractivity contribution < 1.29 is 14.3 Å². The van der Waals surface area contributed by atoms with Gasteiger partial charge in [-0.3, -0.25) is 9.79 Å².